The number of nitrogens with zero attached hydrogens (tertiary/aromatic N) is 3. The first kappa shape index (κ1) is 22.0. The van der Waals surface area contributed by atoms with Gasteiger partial charge in [-0.1, -0.05) is 58.5 Å². The number of rotatable bonds is 7. The second-order valence-corrected chi connectivity index (χ2v) is 9.54. The molecule has 0 fully saturated rings. The minimum atomic E-state index is -3.69. The van der Waals surface area contributed by atoms with Gasteiger partial charge in [-0.25, -0.2) is 8.42 Å². The molecule has 0 radical (unpaired) electrons. The number of aromatic nitrogens is 3. The van der Waals surface area contributed by atoms with Crippen molar-refractivity contribution in [2.45, 2.75) is 13.1 Å². The fraction of sp³-hybridized carbons (Fsp3) is 0.176. The summed E-state index contributed by atoms with van der Waals surface area (Å²) in [6.07, 6.45) is 1.03. The summed E-state index contributed by atoms with van der Waals surface area (Å²) in [7, 11) is -3.69. The molecule has 2 aromatic carbocycles. The van der Waals surface area contributed by atoms with Gasteiger partial charge in [-0.2, -0.15) is 4.98 Å². The average Bonchev–Trinajstić information content (AvgIpc) is 3.04. The molecule has 29 heavy (non-hydrogen) atoms. The van der Waals surface area contributed by atoms with Crippen LogP contribution >= 0.6 is 46.4 Å². The van der Waals surface area contributed by atoms with Gasteiger partial charge in [0.2, 0.25) is 11.9 Å². The lowest BCUT2D eigenvalue weighted by atomic mass is 10.2. The van der Waals surface area contributed by atoms with E-state index in [4.69, 9.17) is 46.4 Å². The van der Waals surface area contributed by atoms with Crippen LogP contribution in [0, 0.1) is 0 Å². The van der Waals surface area contributed by atoms with E-state index in [9.17, 15) is 8.42 Å². The normalized spacial score (nSPS) is 11.5. The van der Waals surface area contributed by atoms with Gasteiger partial charge in [-0.15, -0.1) is 9.19 Å². The van der Waals surface area contributed by atoms with Crippen LogP contribution in [0.5, 0.6) is 0 Å². The molecular weight excluding hydrogens is 480 g/mol. The molecule has 2 N–H and O–H groups in total. The maximum absolute atomic E-state index is 12.1. The molecule has 0 bridgehead atoms. The topological polar surface area (TPSA) is 88.9 Å². The van der Waals surface area contributed by atoms with Crippen LogP contribution in [0.15, 0.2) is 36.4 Å². The molecule has 12 heteroatoms. The maximum atomic E-state index is 12.1. The Hall–Kier alpha value is -1.71. The van der Waals surface area contributed by atoms with Gasteiger partial charge in [0, 0.05) is 33.2 Å². The lowest BCUT2D eigenvalue weighted by Gasteiger charge is -2.08. The molecule has 1 aromatic heterocycles. The first-order valence-corrected chi connectivity index (χ1v) is 11.5. The van der Waals surface area contributed by atoms with E-state index < -0.39 is 10.0 Å². The Bertz CT molecular complexity index is 1150. The largest absolute Gasteiger partial charge is 0.349 e. The predicted octanol–water partition coefficient (Wildman–Crippen LogP) is 4.92. The molecule has 0 saturated heterocycles. The van der Waals surface area contributed by atoms with E-state index in [1.165, 1.54) is 0 Å². The van der Waals surface area contributed by atoms with Crippen LogP contribution in [-0.2, 0) is 23.1 Å². The van der Waals surface area contributed by atoms with Crippen molar-refractivity contribution in [2.75, 3.05) is 16.9 Å². The van der Waals surface area contributed by atoms with E-state index in [0.717, 1.165) is 21.5 Å². The van der Waals surface area contributed by atoms with E-state index in [2.05, 4.69) is 20.7 Å². The first-order valence-electron chi connectivity index (χ1n) is 8.16. The summed E-state index contributed by atoms with van der Waals surface area (Å²) >= 11 is 24.1. The van der Waals surface area contributed by atoms with Crippen molar-refractivity contribution < 1.29 is 8.42 Å². The molecule has 0 unspecified atom stereocenters. The quantitative estimate of drug-likeness (QED) is 0.484. The summed E-state index contributed by atoms with van der Waals surface area (Å²) in [5.74, 6) is 0.161. The molecule has 0 spiro atoms. The predicted molar refractivity (Wildman–Crippen MR) is 118 cm³/mol. The standard InChI is InChI=1S/C17H15Cl4N5O2S/c1-29(27,28)26-17(23-9-11-3-5-13(19)7-15(11)21)24-16(25-26)22-8-10-2-4-12(18)6-14(10)20/h2-7H,8-9H2,1H3,(H2,22,23,24,25). The minimum Gasteiger partial charge on any atom is -0.349 e. The van der Waals surface area contributed by atoms with E-state index in [0.29, 0.717) is 20.1 Å². The number of anilines is 2. The fourth-order valence-electron chi connectivity index (χ4n) is 2.39. The number of hydrogen-bond acceptors (Lipinski definition) is 6. The smallest absolute Gasteiger partial charge is 0.254 e. The van der Waals surface area contributed by atoms with Gasteiger partial charge in [0.1, 0.15) is 0 Å². The van der Waals surface area contributed by atoms with Gasteiger partial charge in [-0.05, 0) is 35.4 Å². The van der Waals surface area contributed by atoms with Crippen LogP contribution in [0.1, 0.15) is 11.1 Å². The molecule has 0 aliphatic rings. The summed E-state index contributed by atoms with van der Waals surface area (Å²) < 4.78 is 24.9. The lowest BCUT2D eigenvalue weighted by Crippen LogP contribution is -2.16. The van der Waals surface area contributed by atoms with Crippen molar-refractivity contribution >= 4 is 68.3 Å². The van der Waals surface area contributed by atoms with E-state index >= 15 is 0 Å². The summed E-state index contributed by atoms with van der Waals surface area (Å²) in [5.41, 5.74) is 1.48. The average molecular weight is 495 g/mol. The van der Waals surface area contributed by atoms with Crippen LogP contribution < -0.4 is 10.6 Å². The number of halogens is 4. The first-order chi connectivity index (χ1) is 13.6. The minimum absolute atomic E-state index is 0.0446. The Morgan fingerprint density at radius 1 is 0.897 bits per heavy atom. The van der Waals surface area contributed by atoms with Crippen LogP contribution in [0.4, 0.5) is 11.9 Å². The van der Waals surface area contributed by atoms with Gasteiger partial charge in [0.05, 0.1) is 6.26 Å². The van der Waals surface area contributed by atoms with Gasteiger partial charge < -0.3 is 10.6 Å². The number of benzene rings is 2. The van der Waals surface area contributed by atoms with E-state index in [-0.39, 0.29) is 25.0 Å². The molecular formula is C17H15Cl4N5O2S. The highest BCUT2D eigenvalue weighted by atomic mass is 35.5. The molecule has 7 nitrogen and oxygen atoms in total. The Labute approximate surface area is 188 Å². The van der Waals surface area contributed by atoms with Crippen molar-refractivity contribution in [2.24, 2.45) is 0 Å². The molecule has 3 aromatic rings. The van der Waals surface area contributed by atoms with Crippen LogP contribution in [0.3, 0.4) is 0 Å². The summed E-state index contributed by atoms with van der Waals surface area (Å²) in [4.78, 5) is 4.21. The van der Waals surface area contributed by atoms with E-state index in [1.54, 1.807) is 36.4 Å². The van der Waals surface area contributed by atoms with Gasteiger partial charge in [0.25, 0.3) is 10.0 Å². The molecule has 0 aliphatic heterocycles. The number of hydrogen-bond donors (Lipinski definition) is 2. The number of nitrogens with one attached hydrogen (secondary N) is 2. The van der Waals surface area contributed by atoms with Crippen molar-refractivity contribution in [1.82, 2.24) is 14.2 Å². The second kappa shape index (κ2) is 8.97. The molecule has 3 rings (SSSR count). The Kier molecular flexibility index (Phi) is 6.80. The van der Waals surface area contributed by atoms with E-state index in [1.807, 2.05) is 0 Å². The molecule has 0 amide bonds. The van der Waals surface area contributed by atoms with Gasteiger partial charge >= 0.3 is 0 Å². The monoisotopic (exact) mass is 493 g/mol. The van der Waals surface area contributed by atoms with Crippen LogP contribution in [-0.4, -0.2) is 28.8 Å². The maximum Gasteiger partial charge on any atom is 0.254 e. The third kappa shape index (κ3) is 5.67. The summed E-state index contributed by atoms with van der Waals surface area (Å²) in [5, 5.41) is 11.8. The third-order valence-electron chi connectivity index (χ3n) is 3.80. The van der Waals surface area contributed by atoms with Gasteiger partial charge in [0.15, 0.2) is 0 Å². The molecule has 1 heterocycles. The van der Waals surface area contributed by atoms with Crippen LogP contribution in [0.25, 0.3) is 0 Å². The zero-order valence-electron chi connectivity index (χ0n) is 15.0. The second-order valence-electron chi connectivity index (χ2n) is 6.04. The van der Waals surface area contributed by atoms with Crippen molar-refractivity contribution in [3.63, 3.8) is 0 Å². The van der Waals surface area contributed by atoms with Crippen molar-refractivity contribution in [3.05, 3.63) is 67.6 Å². The highest BCUT2D eigenvalue weighted by Crippen LogP contribution is 2.23. The molecule has 154 valence electrons. The SMILES string of the molecule is CS(=O)(=O)n1nc(NCc2ccc(Cl)cc2Cl)nc1NCc1ccc(Cl)cc1Cl. The molecule has 0 atom stereocenters. The lowest BCUT2D eigenvalue weighted by molar-refractivity contribution is 0.587. The molecule has 0 saturated carbocycles. The highest BCUT2D eigenvalue weighted by Gasteiger charge is 2.18. The van der Waals surface area contributed by atoms with Gasteiger partial charge in [-0.3, -0.25) is 0 Å². The zero-order chi connectivity index (χ0) is 21.2. The van der Waals surface area contributed by atoms with Crippen molar-refractivity contribution in [1.29, 1.82) is 0 Å². The summed E-state index contributed by atoms with van der Waals surface area (Å²) in [6, 6.07) is 10.1. The third-order valence-corrected chi connectivity index (χ3v) is 5.85. The Balaban J connectivity index is 1.79. The zero-order valence-corrected chi connectivity index (χ0v) is 18.8. The fourth-order valence-corrected chi connectivity index (χ4v) is 3.99. The highest BCUT2D eigenvalue weighted by molar-refractivity contribution is 7.89. The molecule has 0 aliphatic carbocycles. The Morgan fingerprint density at radius 2 is 1.41 bits per heavy atom. The van der Waals surface area contributed by atoms with Crippen LogP contribution in [0.2, 0.25) is 20.1 Å². The Morgan fingerprint density at radius 3 is 1.90 bits per heavy atom. The van der Waals surface area contributed by atoms with Crippen molar-refractivity contribution in [3.8, 4) is 0 Å². The summed E-state index contributed by atoms with van der Waals surface area (Å²) in [6.45, 7) is 0.513.